The summed E-state index contributed by atoms with van der Waals surface area (Å²) in [5.41, 5.74) is 4.15. The van der Waals surface area contributed by atoms with Crippen LogP contribution < -0.4 is 4.90 Å². The van der Waals surface area contributed by atoms with E-state index in [9.17, 15) is 0 Å². The van der Waals surface area contributed by atoms with Crippen molar-refractivity contribution >= 4 is 43.2 Å². The summed E-state index contributed by atoms with van der Waals surface area (Å²) in [4.78, 5) is 5.00. The van der Waals surface area contributed by atoms with E-state index in [1.165, 1.54) is 34.4 Å². The largest absolute Gasteiger partial charge is 0.337 e. The Morgan fingerprint density at radius 2 is 1.73 bits per heavy atom. The van der Waals surface area contributed by atoms with Gasteiger partial charge in [0.05, 0.1) is 0 Å². The van der Waals surface area contributed by atoms with Crippen molar-refractivity contribution in [3.05, 3.63) is 57.0 Å². The van der Waals surface area contributed by atoms with Gasteiger partial charge in [0.1, 0.15) is 0 Å². The van der Waals surface area contributed by atoms with Crippen LogP contribution in [0.4, 0.5) is 11.4 Å². The molecule has 2 aromatic carbocycles. The summed E-state index contributed by atoms with van der Waals surface area (Å²) in [6.07, 6.45) is 1.21. The zero-order chi connectivity index (χ0) is 15.3. The zero-order valence-electron chi connectivity index (χ0n) is 12.5. The molecule has 2 aliphatic heterocycles. The van der Waals surface area contributed by atoms with E-state index in [2.05, 4.69) is 91.2 Å². The van der Waals surface area contributed by atoms with Crippen molar-refractivity contribution in [1.82, 2.24) is 4.90 Å². The molecule has 0 bridgehead atoms. The molecule has 0 radical (unpaired) electrons. The van der Waals surface area contributed by atoms with Crippen LogP contribution in [0.15, 0.2) is 51.4 Å². The fourth-order valence-corrected chi connectivity index (χ4v) is 4.51. The molecule has 0 aliphatic carbocycles. The Morgan fingerprint density at radius 3 is 2.50 bits per heavy atom. The lowest BCUT2D eigenvalue weighted by Crippen LogP contribution is -2.43. The van der Waals surface area contributed by atoms with Gasteiger partial charge in [-0.05, 0) is 68.0 Å². The van der Waals surface area contributed by atoms with E-state index in [0.717, 1.165) is 11.0 Å². The first kappa shape index (κ1) is 14.7. The molecule has 4 rings (SSSR count). The van der Waals surface area contributed by atoms with Crippen LogP contribution in [0.1, 0.15) is 17.9 Å². The summed E-state index contributed by atoms with van der Waals surface area (Å²) >= 11 is 7.18. The number of piperidine rings is 1. The van der Waals surface area contributed by atoms with Gasteiger partial charge in [-0.1, -0.05) is 31.9 Å². The van der Waals surface area contributed by atoms with E-state index in [0.29, 0.717) is 12.0 Å². The molecule has 2 heterocycles. The smallest absolute Gasteiger partial charge is 0.0451 e. The molecular formula is C18H18Br2N2. The van der Waals surface area contributed by atoms with Crippen molar-refractivity contribution in [3.63, 3.8) is 0 Å². The summed E-state index contributed by atoms with van der Waals surface area (Å²) in [5.74, 6) is 0.592. The highest BCUT2D eigenvalue weighted by Gasteiger charge is 2.41. The standard InChI is InChI=1S/C18H18Br2N2/c1-21-9-8-18-16(11-21)15-10-13(20)4-7-17(15)22(18)14-5-2-12(19)3-6-14/h2-7,10,16,18H,8-9,11H2,1H3/t16-,18+/m0/s1. The Balaban J connectivity index is 1.83. The summed E-state index contributed by atoms with van der Waals surface area (Å²) < 4.78 is 2.31. The van der Waals surface area contributed by atoms with Gasteiger partial charge >= 0.3 is 0 Å². The second kappa shape index (κ2) is 5.66. The summed E-state index contributed by atoms with van der Waals surface area (Å²) in [6, 6.07) is 16.0. The number of fused-ring (bicyclic) bond motifs is 3. The van der Waals surface area contributed by atoms with Crippen LogP contribution in [-0.4, -0.2) is 31.1 Å². The highest BCUT2D eigenvalue weighted by Crippen LogP contribution is 2.48. The minimum absolute atomic E-state index is 0.571. The van der Waals surface area contributed by atoms with Crippen molar-refractivity contribution in [1.29, 1.82) is 0 Å². The zero-order valence-corrected chi connectivity index (χ0v) is 15.6. The van der Waals surface area contributed by atoms with E-state index < -0.39 is 0 Å². The van der Waals surface area contributed by atoms with Crippen LogP contribution in [0.3, 0.4) is 0 Å². The minimum Gasteiger partial charge on any atom is -0.337 e. The Morgan fingerprint density at radius 1 is 1.00 bits per heavy atom. The van der Waals surface area contributed by atoms with Crippen molar-refractivity contribution in [2.75, 3.05) is 25.0 Å². The summed E-state index contributed by atoms with van der Waals surface area (Å²) in [7, 11) is 2.23. The second-order valence-corrected chi connectivity index (χ2v) is 8.11. The minimum atomic E-state index is 0.571. The molecule has 2 aliphatic rings. The molecule has 1 fully saturated rings. The predicted octanol–water partition coefficient (Wildman–Crippen LogP) is 5.15. The van der Waals surface area contributed by atoms with Crippen LogP contribution in [-0.2, 0) is 0 Å². The quantitative estimate of drug-likeness (QED) is 0.628. The third-order valence-electron chi connectivity index (χ3n) is 4.86. The van der Waals surface area contributed by atoms with Crippen molar-refractivity contribution in [3.8, 4) is 0 Å². The normalized spacial score (nSPS) is 24.2. The lowest BCUT2D eigenvalue weighted by Gasteiger charge is -2.37. The summed E-state index contributed by atoms with van der Waals surface area (Å²) in [5, 5.41) is 0. The van der Waals surface area contributed by atoms with Crippen LogP contribution in [0.2, 0.25) is 0 Å². The molecule has 0 amide bonds. The van der Waals surface area contributed by atoms with Crippen molar-refractivity contribution < 1.29 is 0 Å². The number of anilines is 2. The molecule has 2 atom stereocenters. The molecule has 1 saturated heterocycles. The maximum absolute atomic E-state index is 3.64. The molecule has 2 aromatic rings. The van der Waals surface area contributed by atoms with Crippen LogP contribution >= 0.6 is 31.9 Å². The van der Waals surface area contributed by atoms with E-state index in [-0.39, 0.29) is 0 Å². The first-order chi connectivity index (χ1) is 10.6. The predicted molar refractivity (Wildman–Crippen MR) is 99.1 cm³/mol. The fourth-order valence-electron chi connectivity index (χ4n) is 3.87. The van der Waals surface area contributed by atoms with Gasteiger partial charge in [-0.15, -0.1) is 0 Å². The van der Waals surface area contributed by atoms with Gasteiger partial charge in [-0.2, -0.15) is 0 Å². The average molecular weight is 422 g/mol. The molecular weight excluding hydrogens is 404 g/mol. The Labute approximate surface area is 148 Å². The van der Waals surface area contributed by atoms with Gasteiger partial charge in [-0.3, -0.25) is 0 Å². The topological polar surface area (TPSA) is 6.48 Å². The third kappa shape index (κ3) is 2.41. The van der Waals surface area contributed by atoms with Gasteiger partial charge in [0.2, 0.25) is 0 Å². The monoisotopic (exact) mass is 420 g/mol. The number of rotatable bonds is 1. The van der Waals surface area contributed by atoms with Gasteiger partial charge in [-0.25, -0.2) is 0 Å². The number of likely N-dealkylation sites (tertiary alicyclic amines) is 1. The van der Waals surface area contributed by atoms with Crippen molar-refractivity contribution in [2.45, 2.75) is 18.4 Å². The molecule has 0 spiro atoms. The molecule has 2 nitrogen and oxygen atoms in total. The number of nitrogens with zero attached hydrogens (tertiary/aromatic N) is 2. The van der Waals surface area contributed by atoms with Crippen LogP contribution in [0, 0.1) is 0 Å². The van der Waals surface area contributed by atoms with Gasteiger partial charge in [0.15, 0.2) is 0 Å². The molecule has 0 saturated carbocycles. The molecule has 0 N–H and O–H groups in total. The van der Waals surface area contributed by atoms with Gasteiger partial charge in [0.25, 0.3) is 0 Å². The average Bonchev–Trinajstić information content (AvgIpc) is 2.81. The second-order valence-electron chi connectivity index (χ2n) is 6.27. The first-order valence-electron chi connectivity index (χ1n) is 7.66. The van der Waals surface area contributed by atoms with E-state index in [1.54, 1.807) is 0 Å². The number of hydrogen-bond donors (Lipinski definition) is 0. The van der Waals surface area contributed by atoms with E-state index in [4.69, 9.17) is 0 Å². The molecule has 0 aromatic heterocycles. The van der Waals surface area contributed by atoms with Gasteiger partial charge in [0, 0.05) is 38.8 Å². The first-order valence-corrected chi connectivity index (χ1v) is 9.25. The lowest BCUT2D eigenvalue weighted by atomic mass is 9.89. The highest BCUT2D eigenvalue weighted by atomic mass is 79.9. The molecule has 114 valence electrons. The van der Waals surface area contributed by atoms with Gasteiger partial charge < -0.3 is 9.80 Å². The Kier molecular flexibility index (Phi) is 3.79. The third-order valence-corrected chi connectivity index (χ3v) is 5.89. The Hall–Kier alpha value is -0.840. The van der Waals surface area contributed by atoms with Crippen LogP contribution in [0.25, 0.3) is 0 Å². The number of likely N-dealkylation sites (N-methyl/N-ethyl adjacent to an activating group) is 1. The maximum Gasteiger partial charge on any atom is 0.0451 e. The maximum atomic E-state index is 3.64. The van der Waals surface area contributed by atoms with Crippen LogP contribution in [0.5, 0.6) is 0 Å². The number of hydrogen-bond acceptors (Lipinski definition) is 2. The van der Waals surface area contributed by atoms with Crippen molar-refractivity contribution in [2.24, 2.45) is 0 Å². The Bertz CT molecular complexity index is 699. The van der Waals surface area contributed by atoms with E-state index in [1.807, 2.05) is 0 Å². The highest BCUT2D eigenvalue weighted by molar-refractivity contribution is 9.10. The number of benzene rings is 2. The lowest BCUT2D eigenvalue weighted by molar-refractivity contribution is 0.236. The van der Waals surface area contributed by atoms with E-state index >= 15 is 0 Å². The number of halogens is 2. The summed E-state index contributed by atoms with van der Waals surface area (Å²) in [6.45, 7) is 2.31. The fraction of sp³-hybridized carbons (Fsp3) is 0.333. The molecule has 4 heteroatoms. The molecule has 22 heavy (non-hydrogen) atoms. The molecule has 0 unspecified atom stereocenters. The SMILES string of the molecule is CN1CC[C@@H]2[C@@H](C1)c1cc(Br)ccc1N2c1ccc(Br)cc1.